The Morgan fingerprint density at radius 3 is 2.41 bits per heavy atom. The number of alkyl halides is 3. The van der Waals surface area contributed by atoms with Crippen LogP contribution in [-0.4, -0.2) is 53.5 Å². The summed E-state index contributed by atoms with van der Waals surface area (Å²) in [5, 5.41) is 4.49. The first-order valence-corrected chi connectivity index (χ1v) is 11.9. The summed E-state index contributed by atoms with van der Waals surface area (Å²) in [5.41, 5.74) is -0.184. The zero-order valence-electron chi connectivity index (χ0n) is 19.9. The molecule has 0 saturated carbocycles. The van der Waals surface area contributed by atoms with Gasteiger partial charge in [-0.15, -0.1) is 0 Å². The monoisotopic (exact) mass is 524 g/mol. The highest BCUT2D eigenvalue weighted by atomic mass is 19.4. The molecule has 0 N–H and O–H groups in total. The number of pyridine rings is 1. The van der Waals surface area contributed by atoms with Crippen molar-refractivity contribution in [1.82, 2.24) is 14.8 Å². The minimum Gasteiger partial charge on any atom is -0.474 e. The van der Waals surface area contributed by atoms with E-state index < -0.39 is 29.7 Å². The van der Waals surface area contributed by atoms with Crippen molar-refractivity contribution in [2.24, 2.45) is 5.92 Å². The minimum atomic E-state index is -4.44. The lowest BCUT2D eigenvalue weighted by Gasteiger charge is -2.37. The number of hydrogen-bond acceptors (Lipinski definition) is 6. The molecule has 2 fully saturated rings. The fraction of sp³-hybridized carbons (Fsp3) is 0.440. The van der Waals surface area contributed by atoms with Crippen LogP contribution in [0.1, 0.15) is 18.9 Å². The van der Waals surface area contributed by atoms with Gasteiger partial charge in [-0.2, -0.15) is 18.3 Å². The number of aromatic nitrogens is 3. The van der Waals surface area contributed by atoms with Crippen molar-refractivity contribution >= 4 is 5.82 Å². The van der Waals surface area contributed by atoms with Crippen LogP contribution in [0.3, 0.4) is 0 Å². The quantitative estimate of drug-likeness (QED) is 0.427. The summed E-state index contributed by atoms with van der Waals surface area (Å²) in [6.45, 7) is 4.17. The summed E-state index contributed by atoms with van der Waals surface area (Å²) in [5.74, 6) is -0.569. The van der Waals surface area contributed by atoms with Crippen LogP contribution in [0.15, 0.2) is 42.6 Å². The Hall–Kier alpha value is -3.25. The predicted octanol–water partition coefficient (Wildman–Crippen LogP) is 4.91. The van der Waals surface area contributed by atoms with Crippen molar-refractivity contribution in [3.05, 3.63) is 59.8 Å². The van der Waals surface area contributed by atoms with E-state index in [1.54, 1.807) is 10.7 Å². The molecule has 1 aromatic carbocycles. The van der Waals surface area contributed by atoms with Crippen molar-refractivity contribution in [2.75, 3.05) is 31.2 Å². The molecule has 0 bridgehead atoms. The molecule has 2 aliphatic rings. The average Bonchev–Trinajstić information content (AvgIpc) is 3.50. The van der Waals surface area contributed by atoms with Crippen molar-refractivity contribution in [1.29, 1.82) is 0 Å². The van der Waals surface area contributed by atoms with Crippen molar-refractivity contribution < 1.29 is 36.2 Å². The van der Waals surface area contributed by atoms with E-state index in [-0.39, 0.29) is 24.1 Å². The molecule has 2 saturated heterocycles. The maximum absolute atomic E-state index is 13.8. The van der Waals surface area contributed by atoms with Gasteiger partial charge in [0, 0.05) is 49.3 Å². The summed E-state index contributed by atoms with van der Waals surface area (Å²) < 4.78 is 85.2. The Balaban J connectivity index is 1.32. The summed E-state index contributed by atoms with van der Waals surface area (Å²) in [7, 11) is 0. The van der Waals surface area contributed by atoms with E-state index in [0.717, 1.165) is 18.3 Å². The number of benzene rings is 1. The largest absolute Gasteiger partial charge is 0.474 e. The molecule has 0 spiro atoms. The van der Waals surface area contributed by atoms with Crippen molar-refractivity contribution in [3.8, 4) is 17.1 Å². The van der Waals surface area contributed by atoms with E-state index in [2.05, 4.69) is 10.1 Å². The van der Waals surface area contributed by atoms with Gasteiger partial charge in [0.25, 0.3) is 0 Å². The van der Waals surface area contributed by atoms with E-state index >= 15 is 0 Å². The van der Waals surface area contributed by atoms with Gasteiger partial charge in [0.05, 0.1) is 31.0 Å². The van der Waals surface area contributed by atoms with Crippen LogP contribution >= 0.6 is 0 Å². The average molecular weight is 524 g/mol. The molecule has 2 aliphatic heterocycles. The Kier molecular flexibility index (Phi) is 7.04. The van der Waals surface area contributed by atoms with E-state index in [1.165, 1.54) is 18.2 Å². The fourth-order valence-corrected chi connectivity index (χ4v) is 4.53. The van der Waals surface area contributed by atoms with Gasteiger partial charge >= 0.3 is 6.18 Å². The molecule has 4 heterocycles. The second-order valence-electron chi connectivity index (χ2n) is 9.15. The molecular formula is C25H25F5N4O3. The standard InChI is InChI=1S/C25H25F5N4O3/c1-15-13-33(22-3-2-17(12-31-22)25(28,29)30)5-4-21(15)37-23-11-20(16-8-18(26)10-19(27)9-16)32-34(23)14-24-35-6-7-36-24/h2-3,8-12,15,21,24H,4-7,13-14H2,1H3/t15-,21-/m0/s1. The number of rotatable bonds is 6. The van der Waals surface area contributed by atoms with Crippen LogP contribution in [0.5, 0.6) is 5.88 Å². The van der Waals surface area contributed by atoms with E-state index in [1.807, 2.05) is 11.8 Å². The van der Waals surface area contributed by atoms with Gasteiger partial charge in [-0.1, -0.05) is 6.92 Å². The van der Waals surface area contributed by atoms with Gasteiger partial charge in [0.2, 0.25) is 5.88 Å². The molecule has 5 rings (SSSR count). The van der Waals surface area contributed by atoms with Crippen LogP contribution in [0.4, 0.5) is 27.8 Å². The number of halogens is 5. The second kappa shape index (κ2) is 10.3. The Morgan fingerprint density at radius 2 is 1.78 bits per heavy atom. The van der Waals surface area contributed by atoms with Crippen LogP contribution in [0.25, 0.3) is 11.3 Å². The lowest BCUT2D eigenvalue weighted by atomic mass is 9.96. The van der Waals surface area contributed by atoms with E-state index in [0.29, 0.717) is 50.1 Å². The van der Waals surface area contributed by atoms with Gasteiger partial charge in [-0.3, -0.25) is 0 Å². The third-order valence-electron chi connectivity index (χ3n) is 6.41. The molecule has 7 nitrogen and oxygen atoms in total. The number of anilines is 1. The smallest absolute Gasteiger partial charge is 0.417 e. The molecule has 0 amide bonds. The van der Waals surface area contributed by atoms with Crippen LogP contribution in [0, 0.1) is 17.6 Å². The van der Waals surface area contributed by atoms with Crippen molar-refractivity contribution in [3.63, 3.8) is 0 Å². The molecule has 2 aromatic heterocycles. The molecule has 2 atom stereocenters. The van der Waals surface area contributed by atoms with Gasteiger partial charge in [0.1, 0.15) is 23.6 Å². The summed E-state index contributed by atoms with van der Waals surface area (Å²) >= 11 is 0. The maximum atomic E-state index is 13.8. The van der Waals surface area contributed by atoms with Gasteiger partial charge in [0.15, 0.2) is 6.29 Å². The first-order valence-electron chi connectivity index (χ1n) is 11.9. The summed E-state index contributed by atoms with van der Waals surface area (Å²) in [6.07, 6.45) is -3.78. The first kappa shape index (κ1) is 25.4. The van der Waals surface area contributed by atoms with Gasteiger partial charge in [-0.05, 0) is 24.3 Å². The first-order chi connectivity index (χ1) is 17.7. The fourth-order valence-electron chi connectivity index (χ4n) is 4.53. The lowest BCUT2D eigenvalue weighted by molar-refractivity contribution is -0.137. The second-order valence-corrected chi connectivity index (χ2v) is 9.15. The van der Waals surface area contributed by atoms with E-state index in [4.69, 9.17) is 14.2 Å². The zero-order chi connectivity index (χ0) is 26.2. The highest BCUT2D eigenvalue weighted by molar-refractivity contribution is 5.60. The molecule has 12 heteroatoms. The SMILES string of the molecule is C[C@H]1CN(c2ccc(C(F)(F)F)cn2)CC[C@@H]1Oc1cc(-c2cc(F)cc(F)c2)nn1CC1OCCO1. The third-order valence-corrected chi connectivity index (χ3v) is 6.41. The number of hydrogen-bond donors (Lipinski definition) is 0. The molecule has 37 heavy (non-hydrogen) atoms. The lowest BCUT2D eigenvalue weighted by Crippen LogP contribution is -2.45. The Bertz CT molecular complexity index is 1210. The predicted molar refractivity (Wildman–Crippen MR) is 123 cm³/mol. The van der Waals surface area contributed by atoms with Crippen LogP contribution in [0.2, 0.25) is 0 Å². The molecule has 198 valence electrons. The van der Waals surface area contributed by atoms with E-state index in [9.17, 15) is 22.0 Å². The number of ether oxygens (including phenoxy) is 3. The van der Waals surface area contributed by atoms with Crippen LogP contribution < -0.4 is 9.64 Å². The van der Waals surface area contributed by atoms with Gasteiger partial charge in [-0.25, -0.2) is 18.4 Å². The summed E-state index contributed by atoms with van der Waals surface area (Å²) in [6, 6.07) is 7.20. The normalized spacial score (nSPS) is 21.0. The number of nitrogens with zero attached hydrogens (tertiary/aromatic N) is 4. The molecule has 0 unspecified atom stereocenters. The third kappa shape index (κ3) is 5.85. The maximum Gasteiger partial charge on any atom is 0.417 e. The Labute approximate surface area is 209 Å². The highest BCUT2D eigenvalue weighted by Crippen LogP contribution is 2.32. The van der Waals surface area contributed by atoms with Gasteiger partial charge < -0.3 is 19.1 Å². The highest BCUT2D eigenvalue weighted by Gasteiger charge is 2.33. The zero-order valence-corrected chi connectivity index (χ0v) is 19.9. The van der Waals surface area contributed by atoms with Crippen molar-refractivity contribution in [2.45, 2.75) is 38.5 Å². The molecule has 0 aliphatic carbocycles. The molecule has 3 aromatic rings. The van der Waals surface area contributed by atoms with Crippen LogP contribution in [-0.2, 0) is 22.2 Å². The molecule has 0 radical (unpaired) electrons. The Morgan fingerprint density at radius 1 is 1.05 bits per heavy atom. The summed E-state index contributed by atoms with van der Waals surface area (Å²) in [4.78, 5) is 5.92. The number of piperidine rings is 1. The molecular weight excluding hydrogens is 499 g/mol. The topological polar surface area (TPSA) is 61.6 Å². The minimum absolute atomic E-state index is 0.00441.